The Bertz CT molecular complexity index is 662. The van der Waals surface area contributed by atoms with Crippen LogP contribution in [0.4, 0.5) is 22.7 Å². The maximum Gasteiger partial charge on any atom is 0.315 e. The average molecular weight is 312 g/mol. The van der Waals surface area contributed by atoms with Crippen molar-refractivity contribution in [3.8, 4) is 0 Å². The van der Waals surface area contributed by atoms with E-state index in [2.05, 4.69) is 10.6 Å². The molecule has 0 bridgehead atoms. The average Bonchev–Trinajstić information content (AvgIpc) is 2.42. The van der Waals surface area contributed by atoms with E-state index in [4.69, 9.17) is 23.2 Å². The minimum atomic E-state index is -0.439. The number of nitro groups is 1. The van der Waals surface area contributed by atoms with Gasteiger partial charge >= 0.3 is 5.69 Å². The number of benzene rings is 2. The molecule has 2 N–H and O–H groups in total. The molecule has 0 spiro atoms. The van der Waals surface area contributed by atoms with Gasteiger partial charge in [-0.2, -0.15) is 0 Å². The first-order valence-electron chi connectivity index (χ1n) is 5.70. The summed E-state index contributed by atoms with van der Waals surface area (Å²) in [6, 6.07) is 9.92. The van der Waals surface area contributed by atoms with Crippen LogP contribution in [0.5, 0.6) is 0 Å². The molecule has 0 saturated heterocycles. The number of nitrogens with zero attached hydrogens (tertiary/aromatic N) is 1. The largest absolute Gasteiger partial charge is 0.382 e. The van der Waals surface area contributed by atoms with Crippen molar-refractivity contribution in [1.82, 2.24) is 0 Å². The van der Waals surface area contributed by atoms with Gasteiger partial charge in [-0.1, -0.05) is 29.3 Å². The maximum absolute atomic E-state index is 11.2. The maximum atomic E-state index is 11.2. The zero-order valence-corrected chi connectivity index (χ0v) is 12.0. The number of para-hydroxylation sites is 1. The molecule has 0 aliphatic heterocycles. The van der Waals surface area contributed by atoms with Gasteiger partial charge in [0.1, 0.15) is 11.4 Å². The van der Waals surface area contributed by atoms with Gasteiger partial charge < -0.3 is 10.6 Å². The number of rotatable bonds is 4. The third-order valence-corrected chi connectivity index (χ3v) is 3.43. The smallest absolute Gasteiger partial charge is 0.315 e. The van der Waals surface area contributed by atoms with Crippen molar-refractivity contribution in [3.05, 3.63) is 56.6 Å². The minimum Gasteiger partial charge on any atom is -0.382 e. The summed E-state index contributed by atoms with van der Waals surface area (Å²) >= 11 is 11.8. The number of nitrogens with one attached hydrogen (secondary N) is 2. The van der Waals surface area contributed by atoms with E-state index in [9.17, 15) is 10.1 Å². The Balaban J connectivity index is 2.42. The van der Waals surface area contributed by atoms with Crippen LogP contribution in [0.2, 0.25) is 10.0 Å². The molecule has 0 saturated carbocycles. The van der Waals surface area contributed by atoms with Gasteiger partial charge in [0.15, 0.2) is 0 Å². The van der Waals surface area contributed by atoms with Gasteiger partial charge in [0.2, 0.25) is 0 Å². The zero-order valence-electron chi connectivity index (χ0n) is 10.5. The minimum absolute atomic E-state index is 0.0268. The third-order valence-electron chi connectivity index (χ3n) is 2.69. The summed E-state index contributed by atoms with van der Waals surface area (Å²) in [5.41, 5.74) is 1.40. The Kier molecular flexibility index (Phi) is 4.32. The number of nitro benzene ring substituents is 1. The van der Waals surface area contributed by atoms with Crippen molar-refractivity contribution in [1.29, 1.82) is 0 Å². The number of hydrogen-bond donors (Lipinski definition) is 2. The SMILES string of the molecule is CNc1cccc(Nc2ccc(Cl)c(Cl)c2)c1[N+](=O)[O-]. The summed E-state index contributed by atoms with van der Waals surface area (Å²) in [5.74, 6) is 0. The van der Waals surface area contributed by atoms with E-state index in [0.29, 0.717) is 27.1 Å². The molecule has 5 nitrogen and oxygen atoms in total. The molecule has 0 amide bonds. The zero-order chi connectivity index (χ0) is 14.7. The van der Waals surface area contributed by atoms with Crippen molar-refractivity contribution >= 4 is 46.0 Å². The molecule has 2 aromatic carbocycles. The molecule has 0 aliphatic carbocycles. The standard InChI is InChI=1S/C13H11Cl2N3O2/c1-16-11-3-2-4-12(13(11)18(19)20)17-8-5-6-9(14)10(15)7-8/h2-7,16-17H,1H3. The third kappa shape index (κ3) is 2.95. The van der Waals surface area contributed by atoms with Gasteiger partial charge in [-0.15, -0.1) is 0 Å². The van der Waals surface area contributed by atoms with Crippen LogP contribution in [-0.2, 0) is 0 Å². The lowest BCUT2D eigenvalue weighted by Gasteiger charge is -2.10. The van der Waals surface area contributed by atoms with Crippen LogP contribution in [0.25, 0.3) is 0 Å². The lowest BCUT2D eigenvalue weighted by atomic mass is 10.2. The summed E-state index contributed by atoms with van der Waals surface area (Å²) < 4.78 is 0. The van der Waals surface area contributed by atoms with E-state index >= 15 is 0 Å². The monoisotopic (exact) mass is 311 g/mol. The molecule has 0 fully saturated rings. The Morgan fingerprint density at radius 3 is 2.40 bits per heavy atom. The fourth-order valence-corrected chi connectivity index (χ4v) is 2.07. The molecule has 7 heteroatoms. The summed E-state index contributed by atoms with van der Waals surface area (Å²) in [4.78, 5) is 10.8. The van der Waals surface area contributed by atoms with Crippen molar-refractivity contribution in [3.63, 3.8) is 0 Å². The van der Waals surface area contributed by atoms with Crippen molar-refractivity contribution in [2.24, 2.45) is 0 Å². The van der Waals surface area contributed by atoms with E-state index in [-0.39, 0.29) is 5.69 Å². The van der Waals surface area contributed by atoms with Crippen LogP contribution >= 0.6 is 23.2 Å². The molecule has 0 heterocycles. The van der Waals surface area contributed by atoms with E-state index in [0.717, 1.165) is 0 Å². The number of halogens is 2. The highest BCUT2D eigenvalue weighted by atomic mass is 35.5. The van der Waals surface area contributed by atoms with Gasteiger partial charge in [-0.3, -0.25) is 10.1 Å². The van der Waals surface area contributed by atoms with Crippen LogP contribution in [-0.4, -0.2) is 12.0 Å². The molecule has 104 valence electrons. The van der Waals surface area contributed by atoms with Crippen molar-refractivity contribution in [2.75, 3.05) is 17.7 Å². The van der Waals surface area contributed by atoms with Crippen molar-refractivity contribution < 1.29 is 4.92 Å². The first kappa shape index (κ1) is 14.4. The first-order valence-corrected chi connectivity index (χ1v) is 6.45. The Labute approximate surface area is 125 Å². The predicted molar refractivity (Wildman–Crippen MR) is 82.4 cm³/mol. The molecular weight excluding hydrogens is 301 g/mol. The molecule has 0 atom stereocenters. The Morgan fingerprint density at radius 2 is 1.80 bits per heavy atom. The quantitative estimate of drug-likeness (QED) is 0.635. The molecule has 2 rings (SSSR count). The fourth-order valence-electron chi connectivity index (χ4n) is 1.77. The first-order chi connectivity index (χ1) is 9.52. The van der Waals surface area contributed by atoms with Crippen LogP contribution in [0.1, 0.15) is 0 Å². The summed E-state index contributed by atoms with van der Waals surface area (Å²) in [5, 5.41) is 17.8. The van der Waals surface area contributed by atoms with E-state index in [1.54, 1.807) is 43.4 Å². The van der Waals surface area contributed by atoms with Gasteiger partial charge in [0.05, 0.1) is 15.0 Å². The second-order valence-electron chi connectivity index (χ2n) is 3.96. The normalized spacial score (nSPS) is 10.2. The van der Waals surface area contributed by atoms with E-state index in [1.165, 1.54) is 0 Å². The van der Waals surface area contributed by atoms with Gasteiger partial charge in [0, 0.05) is 12.7 Å². The second kappa shape index (κ2) is 5.98. The summed E-state index contributed by atoms with van der Waals surface area (Å²) in [7, 11) is 1.63. The van der Waals surface area contributed by atoms with E-state index < -0.39 is 4.92 Å². The molecule has 20 heavy (non-hydrogen) atoms. The van der Waals surface area contributed by atoms with Crippen LogP contribution in [0, 0.1) is 10.1 Å². The van der Waals surface area contributed by atoms with E-state index in [1.807, 2.05) is 0 Å². The van der Waals surface area contributed by atoms with Crippen LogP contribution in [0.3, 0.4) is 0 Å². The molecule has 0 radical (unpaired) electrons. The van der Waals surface area contributed by atoms with Crippen LogP contribution in [0.15, 0.2) is 36.4 Å². The lowest BCUT2D eigenvalue weighted by Crippen LogP contribution is -2.01. The Hall–Kier alpha value is -1.98. The summed E-state index contributed by atoms with van der Waals surface area (Å²) in [6.45, 7) is 0. The number of anilines is 3. The lowest BCUT2D eigenvalue weighted by molar-refractivity contribution is -0.383. The van der Waals surface area contributed by atoms with Gasteiger partial charge in [0.25, 0.3) is 0 Å². The molecule has 0 aliphatic rings. The molecular formula is C13H11Cl2N3O2. The molecule has 0 aromatic heterocycles. The highest BCUT2D eigenvalue weighted by Crippen LogP contribution is 2.35. The van der Waals surface area contributed by atoms with Gasteiger partial charge in [-0.25, -0.2) is 0 Å². The predicted octanol–water partition coefficient (Wildman–Crippen LogP) is 4.69. The fraction of sp³-hybridized carbons (Fsp3) is 0.0769. The highest BCUT2D eigenvalue weighted by Gasteiger charge is 2.19. The molecule has 2 aromatic rings. The topological polar surface area (TPSA) is 67.2 Å². The second-order valence-corrected chi connectivity index (χ2v) is 4.78. The van der Waals surface area contributed by atoms with Gasteiger partial charge in [-0.05, 0) is 30.3 Å². The summed E-state index contributed by atoms with van der Waals surface area (Å²) in [6.07, 6.45) is 0. The molecule has 0 unspecified atom stereocenters. The Morgan fingerprint density at radius 1 is 1.10 bits per heavy atom. The van der Waals surface area contributed by atoms with Crippen LogP contribution < -0.4 is 10.6 Å². The van der Waals surface area contributed by atoms with Crippen molar-refractivity contribution in [2.45, 2.75) is 0 Å². The number of hydrogen-bond acceptors (Lipinski definition) is 4. The highest BCUT2D eigenvalue weighted by molar-refractivity contribution is 6.42.